The van der Waals surface area contributed by atoms with Gasteiger partial charge in [0, 0.05) is 32.2 Å². The smallest absolute Gasteiger partial charge is 0.333 e. The van der Waals surface area contributed by atoms with Crippen LogP contribution in [-0.4, -0.2) is 111 Å². The van der Waals surface area contributed by atoms with Crippen LogP contribution in [-0.2, 0) is 64.1 Å². The van der Waals surface area contributed by atoms with Crippen molar-refractivity contribution in [1.82, 2.24) is 36.5 Å². The number of carboxylic acid groups (broad SMARTS) is 1. The van der Waals surface area contributed by atoms with Crippen LogP contribution in [0.25, 0.3) is 0 Å². The number of epoxide rings is 1. The van der Waals surface area contributed by atoms with Crippen LogP contribution in [0.1, 0.15) is 145 Å². The van der Waals surface area contributed by atoms with Gasteiger partial charge >= 0.3 is 11.9 Å². The molecule has 3 saturated heterocycles. The third kappa shape index (κ3) is 16.2. The van der Waals surface area contributed by atoms with Gasteiger partial charge in [0.25, 0.3) is 11.8 Å². The first-order valence-electron chi connectivity index (χ1n) is 23.9. The number of rotatable bonds is 24. The molecular formula is C49H73N7O13. The molecule has 8 atom stereocenters. The minimum absolute atomic E-state index is 0.0118. The zero-order valence-corrected chi connectivity index (χ0v) is 41.8. The van der Waals surface area contributed by atoms with Gasteiger partial charge in [-0.15, -0.1) is 5.06 Å². The number of aliphatic carboxylic acids is 1. The predicted octanol–water partition coefficient (Wildman–Crippen LogP) is 3.48. The fourth-order valence-electron chi connectivity index (χ4n) is 7.82. The number of carbonyl (C=O) groups excluding carboxylic acids is 9. The fourth-order valence-corrected chi connectivity index (χ4v) is 7.82. The highest BCUT2D eigenvalue weighted by atomic mass is 16.7. The summed E-state index contributed by atoms with van der Waals surface area (Å²) in [6.07, 6.45) is 3.09. The van der Waals surface area contributed by atoms with E-state index < -0.39 is 94.9 Å². The molecule has 4 rings (SSSR count). The maximum Gasteiger partial charge on any atom is 0.333 e. The van der Waals surface area contributed by atoms with E-state index in [0.717, 1.165) is 11.1 Å². The largest absolute Gasteiger partial charge is 0.480 e. The molecule has 0 radical (unpaired) electrons. The van der Waals surface area contributed by atoms with Gasteiger partial charge in [-0.3, -0.25) is 38.4 Å². The molecule has 69 heavy (non-hydrogen) atoms. The summed E-state index contributed by atoms with van der Waals surface area (Å²) in [6, 6.07) is 3.76. The molecule has 3 fully saturated rings. The Bertz CT molecular complexity index is 2060. The molecule has 1 aromatic carbocycles. The molecule has 20 nitrogen and oxygen atoms in total. The topological polar surface area (TPSA) is 279 Å². The third-order valence-corrected chi connectivity index (χ3v) is 12.1. The summed E-state index contributed by atoms with van der Waals surface area (Å²) in [5.41, 5.74) is 0.437. The molecule has 8 amide bonds. The van der Waals surface area contributed by atoms with E-state index in [1.807, 2.05) is 52.0 Å². The number of hydrogen-bond acceptors (Lipinski definition) is 12. The number of nitrogens with one attached hydrogen (secondary N) is 5. The van der Waals surface area contributed by atoms with Gasteiger partial charge in [-0.05, 0) is 88.3 Å². The number of imide groups is 1. The van der Waals surface area contributed by atoms with Crippen molar-refractivity contribution in [2.75, 3.05) is 0 Å². The van der Waals surface area contributed by atoms with E-state index in [4.69, 9.17) is 9.57 Å². The molecule has 3 aliphatic rings. The van der Waals surface area contributed by atoms with Crippen LogP contribution < -0.4 is 26.6 Å². The lowest BCUT2D eigenvalue weighted by molar-refractivity contribution is -0.197. The average molecular weight is 968 g/mol. The van der Waals surface area contributed by atoms with Crippen molar-refractivity contribution in [2.24, 2.45) is 23.2 Å². The second kappa shape index (κ2) is 26.0. The zero-order valence-electron chi connectivity index (χ0n) is 41.8. The van der Waals surface area contributed by atoms with Crippen molar-refractivity contribution in [2.45, 2.75) is 177 Å². The van der Waals surface area contributed by atoms with Gasteiger partial charge in [0.05, 0.1) is 11.5 Å². The third-order valence-electron chi connectivity index (χ3n) is 12.1. The molecule has 1 aromatic rings. The lowest BCUT2D eigenvalue weighted by atomic mass is 9.86. The van der Waals surface area contributed by atoms with E-state index >= 15 is 0 Å². The van der Waals surface area contributed by atoms with Crippen LogP contribution in [0.2, 0.25) is 0 Å². The number of hydroxylamine groups is 2. The van der Waals surface area contributed by atoms with Crippen molar-refractivity contribution in [3.63, 3.8) is 0 Å². The zero-order chi connectivity index (χ0) is 51.9. The SMILES string of the molecule is CC.CC(C)CC(NC(=O)C(C)(C)C1NC(=O)[C@@H](C)N1C(=O)/C=C/CC[C@H](C)C1OC1c1ccc(CNC(=O)C(C)NC(=O)[C@@H](NC(=O)CCCC(=O)ON2C(=O)CCC2=O)C(C)C)cc1)C(=O)O. The first-order valence-corrected chi connectivity index (χ1v) is 23.9. The molecule has 0 spiro atoms. The average Bonchev–Trinajstić information content (AvgIpc) is 3.96. The summed E-state index contributed by atoms with van der Waals surface area (Å²) in [4.78, 5) is 131. The van der Waals surface area contributed by atoms with Crippen molar-refractivity contribution in [1.29, 1.82) is 0 Å². The van der Waals surface area contributed by atoms with Gasteiger partial charge in [-0.1, -0.05) is 78.8 Å². The van der Waals surface area contributed by atoms with Gasteiger partial charge in [-0.2, -0.15) is 0 Å². The maximum absolute atomic E-state index is 13.5. The summed E-state index contributed by atoms with van der Waals surface area (Å²) in [7, 11) is 0. The van der Waals surface area contributed by atoms with Crippen LogP contribution in [0.5, 0.6) is 0 Å². The minimum atomic E-state index is -1.34. The number of ether oxygens (including phenoxy) is 1. The molecule has 0 aliphatic carbocycles. The van der Waals surface area contributed by atoms with Crippen molar-refractivity contribution in [3.05, 3.63) is 47.5 Å². The molecule has 20 heteroatoms. The van der Waals surface area contributed by atoms with Crippen LogP contribution in [0.3, 0.4) is 0 Å². The number of benzene rings is 1. The van der Waals surface area contributed by atoms with Gasteiger partial charge in [-0.25, -0.2) is 9.59 Å². The second-order valence-corrected chi connectivity index (χ2v) is 18.9. The Morgan fingerprint density at radius 2 is 1.52 bits per heavy atom. The first kappa shape index (κ1) is 57.1. The molecule has 0 saturated carbocycles. The standard InChI is InChI=1S/C47H67N7O13.C2H6/c1-25(2)23-32(44(63)64)50-46(65)47(8,9)45-52-42(61)29(7)53(45)34(56)15-11-10-13-27(5)39-40(66-39)31-19-17-30(18-20-31)24-48-41(60)28(6)49-43(62)38(26(3)4)51-33(55)14-12-16-37(59)67-54-35(57)21-22-36(54)58;1-2/h11,15,17-20,25-29,32,38-40,45H,10,12-14,16,21-24H2,1-9H3,(H,48,60)(H,49,62)(H,50,65)(H,51,55)(H,52,61)(H,63,64);1-2H3/b15-11+;/t27-,28?,29+,32?,38-,39?,40?,45?;/m0./s1. The molecular weight excluding hydrogens is 895 g/mol. The van der Waals surface area contributed by atoms with Crippen LogP contribution >= 0.6 is 0 Å². The van der Waals surface area contributed by atoms with E-state index in [0.29, 0.717) is 17.9 Å². The normalized spacial score (nSPS) is 20.6. The van der Waals surface area contributed by atoms with E-state index in [1.165, 1.54) is 17.9 Å². The Balaban J connectivity index is 0.00000622. The number of hydrogen-bond donors (Lipinski definition) is 6. The Morgan fingerprint density at radius 3 is 2.10 bits per heavy atom. The summed E-state index contributed by atoms with van der Waals surface area (Å²) in [5, 5.41) is 23.5. The van der Waals surface area contributed by atoms with Gasteiger partial charge in [0.1, 0.15) is 36.4 Å². The fraction of sp³-hybridized carbons (Fsp3) is 0.633. The monoisotopic (exact) mass is 968 g/mol. The van der Waals surface area contributed by atoms with E-state index in [-0.39, 0.29) is 75.0 Å². The number of carbonyl (C=O) groups is 10. The lowest BCUT2D eigenvalue weighted by Crippen LogP contribution is -2.58. The lowest BCUT2D eigenvalue weighted by Gasteiger charge is -2.37. The highest BCUT2D eigenvalue weighted by Crippen LogP contribution is 2.44. The highest BCUT2D eigenvalue weighted by molar-refractivity contribution is 6.01. The second-order valence-electron chi connectivity index (χ2n) is 18.9. The van der Waals surface area contributed by atoms with Crippen molar-refractivity contribution < 1.29 is 62.6 Å². The summed E-state index contributed by atoms with van der Waals surface area (Å²) < 4.78 is 6.01. The van der Waals surface area contributed by atoms with Crippen LogP contribution in [0.15, 0.2) is 36.4 Å². The van der Waals surface area contributed by atoms with Crippen molar-refractivity contribution in [3.8, 4) is 0 Å². The Morgan fingerprint density at radius 1 is 0.899 bits per heavy atom. The van der Waals surface area contributed by atoms with Gasteiger partial charge in [0.2, 0.25) is 35.4 Å². The Hall–Kier alpha value is -6.18. The molecule has 3 heterocycles. The predicted molar refractivity (Wildman–Crippen MR) is 251 cm³/mol. The molecule has 3 aliphatic heterocycles. The van der Waals surface area contributed by atoms with Crippen molar-refractivity contribution >= 4 is 59.2 Å². The first-order chi connectivity index (χ1) is 32.4. The summed E-state index contributed by atoms with van der Waals surface area (Å²) >= 11 is 0. The molecule has 5 unspecified atom stereocenters. The molecule has 0 bridgehead atoms. The minimum Gasteiger partial charge on any atom is -0.480 e. The Kier molecular flexibility index (Phi) is 21.5. The Labute approximate surface area is 404 Å². The molecule has 0 aromatic heterocycles. The number of allylic oxidation sites excluding steroid dienone is 1. The number of carboxylic acids is 1. The maximum atomic E-state index is 13.5. The van der Waals surface area contributed by atoms with E-state index in [2.05, 4.69) is 33.5 Å². The van der Waals surface area contributed by atoms with Crippen LogP contribution in [0, 0.1) is 23.2 Å². The van der Waals surface area contributed by atoms with Gasteiger partial charge in [0.15, 0.2) is 0 Å². The number of nitrogens with zero attached hydrogens (tertiary/aromatic N) is 2. The van der Waals surface area contributed by atoms with Gasteiger partial charge < -0.3 is 46.2 Å². The summed E-state index contributed by atoms with van der Waals surface area (Å²) in [6.45, 7) is 19.6. The number of amides is 8. The van der Waals surface area contributed by atoms with E-state index in [9.17, 15) is 53.1 Å². The van der Waals surface area contributed by atoms with E-state index in [1.54, 1.807) is 40.7 Å². The summed E-state index contributed by atoms with van der Waals surface area (Å²) in [5.74, 6) is -6.34. The quantitative estimate of drug-likeness (QED) is 0.0493. The van der Waals surface area contributed by atoms with Crippen LogP contribution in [0.4, 0.5) is 0 Å². The highest BCUT2D eigenvalue weighted by Gasteiger charge is 2.51. The molecule has 6 N–H and O–H groups in total. The molecule has 382 valence electrons.